The molecule has 50 heavy (non-hydrogen) atoms. The van der Waals surface area contributed by atoms with Crippen LogP contribution in [0.2, 0.25) is 0 Å². The first-order chi connectivity index (χ1) is 24.8. The van der Waals surface area contributed by atoms with Gasteiger partial charge in [0, 0.05) is 44.7 Å². The Labute approximate surface area is 287 Å². The number of hydrogen-bond donors (Lipinski definition) is 0. The third-order valence-corrected chi connectivity index (χ3v) is 10.5. The molecule has 0 atom stereocenters. The lowest BCUT2D eigenvalue weighted by Gasteiger charge is -2.14. The molecule has 0 bridgehead atoms. The first-order valence-electron chi connectivity index (χ1n) is 17.1. The molecule has 0 amide bonds. The number of rotatable bonds is 3. The van der Waals surface area contributed by atoms with Gasteiger partial charge in [-0.3, -0.25) is 4.57 Å². The second-order valence-electron chi connectivity index (χ2n) is 13.2. The molecular weight excluding hydrogens is 607 g/mol. The van der Waals surface area contributed by atoms with E-state index >= 15 is 0 Å². The molecule has 0 saturated heterocycles. The van der Waals surface area contributed by atoms with Crippen molar-refractivity contribution in [3.8, 4) is 22.5 Å². The fourth-order valence-corrected chi connectivity index (χ4v) is 8.40. The average molecular weight is 636 g/mol. The molecule has 11 rings (SSSR count). The SMILES string of the molecule is c1ccc(-n2c3cc(-n4c5ccccc5c5cccnc54)ccc3c3cccc(-c4ccc5c6ccccc6c6ccccc6c5c4)c32)cc1. The Bertz CT molecular complexity index is 3060. The summed E-state index contributed by atoms with van der Waals surface area (Å²) in [5, 5.41) is 12.5. The number of benzene rings is 8. The fourth-order valence-electron chi connectivity index (χ4n) is 8.40. The topological polar surface area (TPSA) is 22.8 Å². The van der Waals surface area contributed by atoms with Gasteiger partial charge in [0.1, 0.15) is 5.65 Å². The summed E-state index contributed by atoms with van der Waals surface area (Å²) in [7, 11) is 0. The Balaban J connectivity index is 1.23. The minimum absolute atomic E-state index is 0.965. The highest BCUT2D eigenvalue weighted by atomic mass is 15.1. The van der Waals surface area contributed by atoms with Crippen molar-refractivity contribution in [2.45, 2.75) is 0 Å². The van der Waals surface area contributed by atoms with E-state index in [1.807, 2.05) is 12.3 Å². The van der Waals surface area contributed by atoms with Gasteiger partial charge in [0.2, 0.25) is 0 Å². The molecule has 0 unspecified atom stereocenters. The van der Waals surface area contributed by atoms with Crippen LogP contribution in [0.25, 0.3) is 98.6 Å². The van der Waals surface area contributed by atoms with Crippen LogP contribution in [0.1, 0.15) is 0 Å². The van der Waals surface area contributed by atoms with Gasteiger partial charge in [0.05, 0.1) is 16.6 Å². The van der Waals surface area contributed by atoms with Crippen LogP contribution in [-0.4, -0.2) is 14.1 Å². The Hall–Kier alpha value is -6.71. The van der Waals surface area contributed by atoms with Crippen molar-refractivity contribution < 1.29 is 0 Å². The molecule has 3 heterocycles. The van der Waals surface area contributed by atoms with E-state index in [1.54, 1.807) is 0 Å². The lowest BCUT2D eigenvalue weighted by atomic mass is 9.91. The maximum absolute atomic E-state index is 4.87. The van der Waals surface area contributed by atoms with Gasteiger partial charge in [0.15, 0.2) is 0 Å². The van der Waals surface area contributed by atoms with E-state index < -0.39 is 0 Å². The molecule has 0 saturated carbocycles. The van der Waals surface area contributed by atoms with Crippen molar-refractivity contribution in [2.75, 3.05) is 0 Å². The third kappa shape index (κ3) is 3.77. The van der Waals surface area contributed by atoms with Gasteiger partial charge >= 0.3 is 0 Å². The van der Waals surface area contributed by atoms with Gasteiger partial charge in [-0.2, -0.15) is 0 Å². The molecule has 3 heteroatoms. The lowest BCUT2D eigenvalue weighted by Crippen LogP contribution is -1.98. The normalized spacial score (nSPS) is 12.0. The van der Waals surface area contributed by atoms with Gasteiger partial charge in [-0.1, -0.05) is 121 Å². The van der Waals surface area contributed by atoms with E-state index in [-0.39, 0.29) is 0 Å². The van der Waals surface area contributed by atoms with Crippen LogP contribution in [0, 0.1) is 0 Å². The summed E-state index contributed by atoms with van der Waals surface area (Å²) in [6.07, 6.45) is 1.89. The van der Waals surface area contributed by atoms with Crippen LogP contribution < -0.4 is 0 Å². The van der Waals surface area contributed by atoms with Crippen molar-refractivity contribution in [3.63, 3.8) is 0 Å². The van der Waals surface area contributed by atoms with Crippen molar-refractivity contribution >= 4 is 76.1 Å². The first-order valence-corrected chi connectivity index (χ1v) is 17.1. The zero-order valence-corrected chi connectivity index (χ0v) is 27.1. The Kier molecular flexibility index (Phi) is 5.67. The maximum atomic E-state index is 4.87. The summed E-state index contributed by atoms with van der Waals surface area (Å²) >= 11 is 0. The molecular formula is C47H29N3. The Morgan fingerprint density at radius 3 is 1.72 bits per heavy atom. The van der Waals surface area contributed by atoms with Crippen molar-refractivity contribution in [1.29, 1.82) is 0 Å². The Morgan fingerprint density at radius 1 is 0.340 bits per heavy atom. The number of para-hydroxylation sites is 3. The van der Waals surface area contributed by atoms with Crippen LogP contribution in [0.15, 0.2) is 176 Å². The number of nitrogens with zero attached hydrogens (tertiary/aromatic N) is 3. The summed E-state index contributed by atoms with van der Waals surface area (Å²) in [6.45, 7) is 0. The van der Waals surface area contributed by atoms with Gasteiger partial charge in [0.25, 0.3) is 0 Å². The third-order valence-electron chi connectivity index (χ3n) is 10.5. The highest BCUT2D eigenvalue weighted by Gasteiger charge is 2.20. The van der Waals surface area contributed by atoms with Crippen molar-refractivity contribution in [3.05, 3.63) is 176 Å². The second-order valence-corrected chi connectivity index (χ2v) is 13.2. The minimum Gasteiger partial charge on any atom is -0.309 e. The predicted octanol–water partition coefficient (Wildman–Crippen LogP) is 12.4. The summed E-state index contributed by atoms with van der Waals surface area (Å²) in [5.41, 5.74) is 9.12. The summed E-state index contributed by atoms with van der Waals surface area (Å²) in [4.78, 5) is 4.87. The smallest absolute Gasteiger partial charge is 0.145 e. The van der Waals surface area contributed by atoms with Crippen LogP contribution in [-0.2, 0) is 0 Å². The van der Waals surface area contributed by atoms with E-state index in [0.29, 0.717) is 0 Å². The molecule has 0 N–H and O–H groups in total. The largest absolute Gasteiger partial charge is 0.309 e. The molecule has 0 radical (unpaired) electrons. The van der Waals surface area contributed by atoms with E-state index in [1.165, 1.54) is 65.1 Å². The quantitative estimate of drug-likeness (QED) is 0.177. The molecule has 0 fully saturated rings. The summed E-state index contributed by atoms with van der Waals surface area (Å²) in [6, 6.07) is 61.8. The van der Waals surface area contributed by atoms with Crippen LogP contribution in [0.5, 0.6) is 0 Å². The number of pyridine rings is 1. The van der Waals surface area contributed by atoms with Crippen LogP contribution in [0.3, 0.4) is 0 Å². The molecule has 11 aromatic rings. The maximum Gasteiger partial charge on any atom is 0.145 e. The summed E-state index contributed by atoms with van der Waals surface area (Å²) in [5.74, 6) is 0. The minimum atomic E-state index is 0.965. The van der Waals surface area contributed by atoms with Gasteiger partial charge < -0.3 is 4.57 Å². The molecule has 0 aliphatic carbocycles. The van der Waals surface area contributed by atoms with E-state index in [9.17, 15) is 0 Å². The zero-order chi connectivity index (χ0) is 32.8. The fraction of sp³-hybridized carbons (Fsp3) is 0. The highest BCUT2D eigenvalue weighted by molar-refractivity contribution is 6.26. The van der Waals surface area contributed by atoms with Gasteiger partial charge in [-0.15, -0.1) is 0 Å². The molecule has 232 valence electrons. The van der Waals surface area contributed by atoms with Gasteiger partial charge in [-0.25, -0.2) is 4.98 Å². The molecule has 3 nitrogen and oxygen atoms in total. The molecule has 0 aliphatic rings. The molecule has 0 spiro atoms. The van der Waals surface area contributed by atoms with E-state index in [0.717, 1.165) is 33.4 Å². The monoisotopic (exact) mass is 635 g/mol. The first kappa shape index (κ1) is 27.3. The molecule has 3 aromatic heterocycles. The number of aromatic nitrogens is 3. The highest BCUT2D eigenvalue weighted by Crippen LogP contribution is 2.42. The predicted molar refractivity (Wildman–Crippen MR) is 211 cm³/mol. The number of hydrogen-bond acceptors (Lipinski definition) is 1. The molecule has 0 aliphatic heterocycles. The summed E-state index contributed by atoms with van der Waals surface area (Å²) < 4.78 is 4.75. The Morgan fingerprint density at radius 2 is 0.940 bits per heavy atom. The van der Waals surface area contributed by atoms with Crippen molar-refractivity contribution in [1.82, 2.24) is 14.1 Å². The standard InChI is InChI=1S/C47H29N3/c1-2-12-31(13-3-1)49-45-29-32(50-44-22-9-8-18-39(44)42-21-11-27-48-47(42)50)24-26-40(45)41-20-10-19-33(46(41)49)30-23-25-38-36-16-5-4-14-34(36)35-15-6-7-17-37(35)43(38)28-30/h1-29H. The second kappa shape index (κ2) is 10.4. The van der Waals surface area contributed by atoms with Crippen LogP contribution in [0.4, 0.5) is 0 Å². The molecule has 8 aromatic carbocycles. The van der Waals surface area contributed by atoms with E-state index in [4.69, 9.17) is 4.98 Å². The van der Waals surface area contributed by atoms with Crippen molar-refractivity contribution in [2.24, 2.45) is 0 Å². The number of fused-ring (bicyclic) bond motifs is 12. The zero-order valence-electron chi connectivity index (χ0n) is 27.1. The van der Waals surface area contributed by atoms with Gasteiger partial charge in [-0.05, 0) is 86.4 Å². The lowest BCUT2D eigenvalue weighted by molar-refractivity contribution is 1.13. The average Bonchev–Trinajstić information content (AvgIpc) is 3.71. The van der Waals surface area contributed by atoms with Crippen LogP contribution >= 0.6 is 0 Å². The van der Waals surface area contributed by atoms with E-state index in [2.05, 4.69) is 173 Å².